The van der Waals surface area contributed by atoms with Crippen molar-refractivity contribution in [2.45, 2.75) is 70.9 Å². The Hall–Kier alpha value is -3.08. The molecular weight excluding hydrogens is 502 g/mol. The summed E-state index contributed by atoms with van der Waals surface area (Å²) in [5.74, 6) is -1.17. The van der Waals surface area contributed by atoms with Crippen molar-refractivity contribution in [3.63, 3.8) is 0 Å². The summed E-state index contributed by atoms with van der Waals surface area (Å²) in [5.41, 5.74) is 7.78. The van der Waals surface area contributed by atoms with Crippen LogP contribution >= 0.6 is 11.3 Å². The fourth-order valence-electron chi connectivity index (χ4n) is 5.83. The minimum absolute atomic E-state index is 0.00386. The number of carbonyl (C=O) groups excluding carboxylic acids is 2. The van der Waals surface area contributed by atoms with Gasteiger partial charge in [0.1, 0.15) is 11.4 Å². The van der Waals surface area contributed by atoms with E-state index in [-0.39, 0.29) is 34.4 Å². The van der Waals surface area contributed by atoms with Gasteiger partial charge in [-0.1, -0.05) is 0 Å². The van der Waals surface area contributed by atoms with E-state index in [0.29, 0.717) is 58.7 Å². The predicted molar refractivity (Wildman–Crippen MR) is 150 cm³/mol. The molecule has 0 saturated carbocycles. The molecule has 4 rings (SSSR count). The Labute approximate surface area is 226 Å². The predicted octanol–water partition coefficient (Wildman–Crippen LogP) is 4.94. The number of thiazole rings is 1. The lowest BCUT2D eigenvalue weighted by Gasteiger charge is -2.53. The van der Waals surface area contributed by atoms with Gasteiger partial charge in [0.2, 0.25) is 0 Å². The summed E-state index contributed by atoms with van der Waals surface area (Å²) in [6.45, 7) is 9.31. The van der Waals surface area contributed by atoms with Crippen molar-refractivity contribution >= 4 is 45.0 Å². The Kier molecular flexibility index (Phi) is 7.79. The highest BCUT2D eigenvalue weighted by atomic mass is 32.1. The zero-order valence-corrected chi connectivity index (χ0v) is 23.5. The van der Waals surface area contributed by atoms with Crippen molar-refractivity contribution in [1.82, 2.24) is 14.9 Å². The Morgan fingerprint density at radius 2 is 1.89 bits per heavy atom. The summed E-state index contributed by atoms with van der Waals surface area (Å²) >= 11 is 1.22. The number of nitrogens with zero attached hydrogens (tertiary/aromatic N) is 2. The number of aromatic amines is 1. The van der Waals surface area contributed by atoms with Crippen molar-refractivity contribution < 1.29 is 19.5 Å². The Balaban J connectivity index is 1.46. The van der Waals surface area contributed by atoms with Crippen LogP contribution in [-0.4, -0.2) is 62.3 Å². The second-order valence-corrected chi connectivity index (χ2v) is 12.4. The number of piperidine rings is 1. The summed E-state index contributed by atoms with van der Waals surface area (Å²) in [5, 5.41) is 15.1. The number of Topliss-reactive ketones (excluding diaryl/α,β-unsaturated/α-hetero) is 1. The number of ketones is 1. The monoisotopic (exact) mass is 539 g/mol. The second-order valence-electron chi connectivity index (χ2n) is 11.5. The first-order chi connectivity index (χ1) is 17.8. The molecule has 1 saturated heterocycles. The third-order valence-corrected chi connectivity index (χ3v) is 8.65. The maximum atomic E-state index is 13.1. The number of hydrogen-bond acceptors (Lipinski definition) is 7. The molecule has 0 aliphatic carbocycles. The van der Waals surface area contributed by atoms with Gasteiger partial charge in [-0.2, -0.15) is 0 Å². The van der Waals surface area contributed by atoms with E-state index in [1.165, 1.54) is 11.3 Å². The van der Waals surface area contributed by atoms with Crippen molar-refractivity contribution in [2.75, 3.05) is 18.9 Å². The number of fused-ring (bicyclic) bond motifs is 1. The largest absolute Gasteiger partial charge is 0.477 e. The number of benzene rings is 1. The molecule has 2 aromatic heterocycles. The first kappa shape index (κ1) is 27.9. The summed E-state index contributed by atoms with van der Waals surface area (Å²) in [6, 6.07) is 5.02. The van der Waals surface area contributed by atoms with Gasteiger partial charge in [0, 0.05) is 39.3 Å². The van der Waals surface area contributed by atoms with Gasteiger partial charge >= 0.3 is 5.97 Å². The van der Waals surface area contributed by atoms with Gasteiger partial charge in [-0.15, -0.1) is 11.3 Å². The highest BCUT2D eigenvalue weighted by molar-refractivity contribution is 7.14. The molecule has 1 aliphatic heterocycles. The van der Waals surface area contributed by atoms with E-state index in [2.05, 4.69) is 54.9 Å². The number of nitrogens with two attached hydrogens (primary N) is 1. The lowest BCUT2D eigenvalue weighted by Crippen LogP contribution is -2.58. The van der Waals surface area contributed by atoms with E-state index < -0.39 is 5.97 Å². The molecule has 9 nitrogen and oxygen atoms in total. The highest BCUT2D eigenvalue weighted by Crippen LogP contribution is 2.41. The zero-order valence-electron chi connectivity index (χ0n) is 22.7. The van der Waals surface area contributed by atoms with Crippen molar-refractivity contribution in [1.29, 1.82) is 0 Å². The fraction of sp³-hybridized carbons (Fsp3) is 0.500. The van der Waals surface area contributed by atoms with E-state index >= 15 is 0 Å². The van der Waals surface area contributed by atoms with Gasteiger partial charge in [0.25, 0.3) is 5.91 Å². The number of nitrogens with one attached hydrogen (secondary N) is 2. The van der Waals surface area contributed by atoms with Gasteiger partial charge < -0.3 is 15.8 Å². The second kappa shape index (κ2) is 10.6. The maximum Gasteiger partial charge on any atom is 0.352 e. The number of carboxylic acid groups (broad SMARTS) is 1. The van der Waals surface area contributed by atoms with Crippen LogP contribution in [0.25, 0.3) is 10.9 Å². The van der Waals surface area contributed by atoms with Gasteiger partial charge in [-0.3, -0.25) is 19.8 Å². The molecule has 0 unspecified atom stereocenters. The molecule has 0 radical (unpaired) electrons. The third-order valence-electron chi connectivity index (χ3n) is 7.89. The van der Waals surface area contributed by atoms with E-state index in [9.17, 15) is 19.5 Å². The third kappa shape index (κ3) is 5.67. The molecule has 204 valence electrons. The molecular formula is C28H37N5O4S. The number of anilines is 1. The summed E-state index contributed by atoms with van der Waals surface area (Å²) in [4.78, 5) is 47.5. The van der Waals surface area contributed by atoms with Gasteiger partial charge in [0.15, 0.2) is 10.9 Å². The number of H-pyrrole nitrogens is 1. The molecule has 3 heterocycles. The van der Waals surface area contributed by atoms with Crippen LogP contribution in [0.2, 0.25) is 0 Å². The minimum atomic E-state index is -1.05. The quantitative estimate of drug-likeness (QED) is 0.282. The number of likely N-dealkylation sites (tertiary alicyclic amines) is 1. The maximum absolute atomic E-state index is 13.1. The molecule has 1 amide bonds. The normalized spacial score (nSPS) is 17.5. The Morgan fingerprint density at radius 1 is 1.21 bits per heavy atom. The zero-order chi connectivity index (χ0) is 27.8. The number of carbonyl (C=O) groups is 3. The van der Waals surface area contributed by atoms with Gasteiger partial charge in [-0.05, 0) is 96.7 Å². The average Bonchev–Trinajstić information content (AvgIpc) is 3.45. The molecule has 1 aliphatic rings. The molecule has 10 heteroatoms. The Bertz CT molecular complexity index is 1350. The van der Waals surface area contributed by atoms with Crippen LogP contribution in [0.3, 0.4) is 0 Å². The molecule has 3 aromatic rings. The summed E-state index contributed by atoms with van der Waals surface area (Å²) < 4.78 is 0. The van der Waals surface area contributed by atoms with Crippen LogP contribution < -0.4 is 11.1 Å². The standard InChI is InChI=1S/C28H37N5O4S/c1-27(2)13-16(14-28(3,4)33(27)5)11-22(34)21-15-38-26(31-21)32-24(35)17-8-9-20-19(12-17)18(7-6-10-29)23(30-20)25(36)37/h8-9,12,15-16,30H,6-7,10-11,13-14,29H2,1-5H3,(H,36,37)(H,31,32,35). The van der Waals surface area contributed by atoms with Gasteiger partial charge in [0.05, 0.1) is 0 Å². The van der Waals surface area contributed by atoms with Crippen LogP contribution in [-0.2, 0) is 6.42 Å². The van der Waals surface area contributed by atoms with Crippen LogP contribution in [0.5, 0.6) is 0 Å². The SMILES string of the molecule is CN1C(C)(C)CC(CC(=O)c2csc(NC(=O)c3ccc4[nH]c(C(=O)O)c(CCCN)c4c3)n2)CC1(C)C. The first-order valence-corrected chi connectivity index (χ1v) is 13.8. The summed E-state index contributed by atoms with van der Waals surface area (Å²) in [7, 11) is 2.15. The van der Waals surface area contributed by atoms with Crippen LogP contribution in [0.4, 0.5) is 5.13 Å². The van der Waals surface area contributed by atoms with Crippen LogP contribution in [0, 0.1) is 5.92 Å². The lowest BCUT2D eigenvalue weighted by molar-refractivity contribution is -0.0300. The first-order valence-electron chi connectivity index (χ1n) is 12.9. The van der Waals surface area contributed by atoms with Crippen LogP contribution in [0.1, 0.15) is 90.3 Å². The number of amides is 1. The van der Waals surface area contributed by atoms with E-state index in [1.54, 1.807) is 23.6 Å². The van der Waals surface area contributed by atoms with Crippen molar-refractivity contribution in [2.24, 2.45) is 11.7 Å². The molecule has 38 heavy (non-hydrogen) atoms. The number of rotatable bonds is 9. The minimum Gasteiger partial charge on any atom is -0.477 e. The number of aromatic nitrogens is 2. The molecule has 1 fully saturated rings. The number of carboxylic acids is 1. The highest BCUT2D eigenvalue weighted by Gasteiger charge is 2.43. The lowest BCUT2D eigenvalue weighted by atomic mass is 9.72. The molecule has 1 aromatic carbocycles. The van der Waals surface area contributed by atoms with Crippen LogP contribution in [0.15, 0.2) is 23.6 Å². The van der Waals surface area contributed by atoms with Crippen molar-refractivity contribution in [3.8, 4) is 0 Å². The van der Waals surface area contributed by atoms with E-state index in [4.69, 9.17) is 5.73 Å². The van der Waals surface area contributed by atoms with E-state index in [0.717, 1.165) is 12.8 Å². The average molecular weight is 540 g/mol. The summed E-state index contributed by atoms with van der Waals surface area (Å²) in [6.07, 6.45) is 3.42. The van der Waals surface area contributed by atoms with Gasteiger partial charge in [-0.25, -0.2) is 9.78 Å². The van der Waals surface area contributed by atoms with Crippen molar-refractivity contribution in [3.05, 3.63) is 46.1 Å². The topological polar surface area (TPSA) is 141 Å². The number of hydrogen-bond donors (Lipinski definition) is 4. The molecule has 0 atom stereocenters. The van der Waals surface area contributed by atoms with E-state index in [1.807, 2.05) is 0 Å². The number of aromatic carboxylic acids is 1. The molecule has 5 N–H and O–H groups in total. The smallest absolute Gasteiger partial charge is 0.352 e. The fourth-order valence-corrected chi connectivity index (χ4v) is 6.54. The Morgan fingerprint density at radius 3 is 2.53 bits per heavy atom. The molecule has 0 spiro atoms. The molecule has 0 bridgehead atoms. The number of aryl methyl sites for hydroxylation is 1.